The van der Waals surface area contributed by atoms with Crippen molar-refractivity contribution in [2.45, 2.75) is 13.8 Å². The molecule has 5 aromatic rings. The molecule has 9 nitrogen and oxygen atoms in total. The number of anilines is 1. The maximum atomic E-state index is 14.7. The number of fused-ring (bicyclic) bond motifs is 1. The van der Waals surface area contributed by atoms with Gasteiger partial charge in [0.25, 0.3) is 5.91 Å². The Balaban J connectivity index is 1.47. The molecule has 1 amide bonds. The first-order chi connectivity index (χ1) is 16.4. The summed E-state index contributed by atoms with van der Waals surface area (Å²) < 4.78 is 26.9. The van der Waals surface area contributed by atoms with Crippen molar-refractivity contribution in [3.8, 4) is 28.4 Å². The standard InChI is InChI=1S/C24H19FN6O3/c1-13-22(34-14(2)27-13)23(32)28-16-7-8-18(25)17(9-16)20-12-31-11-15(10-26-24(31)30-20)19-5-4-6-21(29-19)33-3/h4-12H,1-3H3,(H,28,32). The van der Waals surface area contributed by atoms with E-state index in [1.165, 1.54) is 18.2 Å². The molecule has 4 heterocycles. The number of nitrogens with zero attached hydrogens (tertiary/aromatic N) is 5. The van der Waals surface area contributed by atoms with Gasteiger partial charge in [0.05, 0.1) is 24.2 Å². The zero-order valence-electron chi connectivity index (χ0n) is 18.5. The number of pyridine rings is 1. The second kappa shape index (κ2) is 8.39. The fraction of sp³-hybridized carbons (Fsp3) is 0.125. The Morgan fingerprint density at radius 1 is 1.09 bits per heavy atom. The minimum atomic E-state index is -0.484. The highest BCUT2D eigenvalue weighted by Gasteiger charge is 2.18. The van der Waals surface area contributed by atoms with Crippen LogP contribution in [0, 0.1) is 19.7 Å². The second-order valence-corrected chi connectivity index (χ2v) is 7.54. The summed E-state index contributed by atoms with van der Waals surface area (Å²) in [5, 5.41) is 2.72. The molecule has 4 aromatic heterocycles. The molecule has 0 unspecified atom stereocenters. The molecule has 1 aromatic carbocycles. The Bertz CT molecular complexity index is 1540. The van der Waals surface area contributed by atoms with E-state index in [2.05, 4.69) is 25.3 Å². The van der Waals surface area contributed by atoms with Gasteiger partial charge in [0, 0.05) is 48.4 Å². The Morgan fingerprint density at radius 3 is 2.71 bits per heavy atom. The molecule has 170 valence electrons. The topological polar surface area (TPSA) is 107 Å². The van der Waals surface area contributed by atoms with E-state index in [4.69, 9.17) is 9.15 Å². The lowest BCUT2D eigenvalue weighted by molar-refractivity contribution is 0.0994. The van der Waals surface area contributed by atoms with Gasteiger partial charge < -0.3 is 14.5 Å². The Hall–Kier alpha value is -4.60. The van der Waals surface area contributed by atoms with Crippen LogP contribution < -0.4 is 10.1 Å². The van der Waals surface area contributed by atoms with Crippen molar-refractivity contribution in [1.82, 2.24) is 24.3 Å². The third-order valence-electron chi connectivity index (χ3n) is 5.15. The third-order valence-corrected chi connectivity index (χ3v) is 5.15. The van der Waals surface area contributed by atoms with Crippen molar-refractivity contribution in [2.24, 2.45) is 0 Å². The maximum Gasteiger partial charge on any atom is 0.293 e. The summed E-state index contributed by atoms with van der Waals surface area (Å²) in [6.45, 7) is 3.34. The van der Waals surface area contributed by atoms with Crippen molar-refractivity contribution >= 4 is 17.4 Å². The fourth-order valence-electron chi connectivity index (χ4n) is 3.57. The molecule has 1 N–H and O–H groups in total. The van der Waals surface area contributed by atoms with Crippen LogP contribution in [0.4, 0.5) is 10.1 Å². The molecule has 0 aliphatic heterocycles. The molecule has 0 radical (unpaired) electrons. The van der Waals surface area contributed by atoms with Gasteiger partial charge in [0.2, 0.25) is 17.4 Å². The number of oxazole rings is 1. The van der Waals surface area contributed by atoms with Gasteiger partial charge in [-0.15, -0.1) is 0 Å². The van der Waals surface area contributed by atoms with Crippen LogP contribution in [0.2, 0.25) is 0 Å². The summed E-state index contributed by atoms with van der Waals surface area (Å²) >= 11 is 0. The average Bonchev–Trinajstić information content (AvgIpc) is 3.41. The number of halogens is 1. The summed E-state index contributed by atoms with van der Waals surface area (Å²) in [6.07, 6.45) is 5.11. The largest absolute Gasteiger partial charge is 0.481 e. The van der Waals surface area contributed by atoms with Crippen molar-refractivity contribution < 1.29 is 18.3 Å². The molecule has 0 bridgehead atoms. The molecule has 0 fully saturated rings. The predicted octanol–water partition coefficient (Wildman–Crippen LogP) is 4.46. The number of carbonyl (C=O) groups is 1. The zero-order valence-corrected chi connectivity index (χ0v) is 18.5. The number of aromatic nitrogens is 5. The van der Waals surface area contributed by atoms with Crippen LogP contribution in [0.5, 0.6) is 5.88 Å². The van der Waals surface area contributed by atoms with Crippen LogP contribution in [0.3, 0.4) is 0 Å². The number of carbonyl (C=O) groups excluding carboxylic acids is 1. The van der Waals surface area contributed by atoms with Gasteiger partial charge in [-0.1, -0.05) is 6.07 Å². The first-order valence-corrected chi connectivity index (χ1v) is 10.3. The highest BCUT2D eigenvalue weighted by molar-refractivity contribution is 6.03. The minimum Gasteiger partial charge on any atom is -0.481 e. The van der Waals surface area contributed by atoms with Gasteiger partial charge in [-0.05, 0) is 31.2 Å². The smallest absolute Gasteiger partial charge is 0.293 e. The first kappa shape index (κ1) is 21.3. The minimum absolute atomic E-state index is 0.110. The van der Waals surface area contributed by atoms with Crippen LogP contribution >= 0.6 is 0 Å². The molecule has 0 aliphatic carbocycles. The number of imidazole rings is 1. The zero-order chi connectivity index (χ0) is 23.8. The van der Waals surface area contributed by atoms with E-state index >= 15 is 0 Å². The van der Waals surface area contributed by atoms with Gasteiger partial charge in [-0.2, -0.15) is 0 Å². The maximum absolute atomic E-state index is 14.7. The van der Waals surface area contributed by atoms with Gasteiger partial charge in [-0.25, -0.2) is 24.3 Å². The average molecular weight is 458 g/mol. The molecule has 0 atom stereocenters. The molecule has 0 spiro atoms. The highest BCUT2D eigenvalue weighted by atomic mass is 19.1. The van der Waals surface area contributed by atoms with Crippen molar-refractivity contribution in [2.75, 3.05) is 12.4 Å². The molecule has 5 rings (SSSR count). The second-order valence-electron chi connectivity index (χ2n) is 7.54. The monoisotopic (exact) mass is 458 g/mol. The summed E-state index contributed by atoms with van der Waals surface area (Å²) in [6, 6.07) is 9.68. The predicted molar refractivity (Wildman–Crippen MR) is 122 cm³/mol. The lowest BCUT2D eigenvalue weighted by atomic mass is 10.1. The lowest BCUT2D eigenvalue weighted by Crippen LogP contribution is -2.12. The SMILES string of the molecule is COc1cccc(-c2cnc3nc(-c4cc(NC(=O)c5oc(C)nc5C)ccc4F)cn3c2)n1. The summed E-state index contributed by atoms with van der Waals surface area (Å²) in [5.41, 5.74) is 2.87. The fourth-order valence-corrected chi connectivity index (χ4v) is 3.57. The molecule has 0 saturated carbocycles. The Morgan fingerprint density at radius 2 is 1.94 bits per heavy atom. The number of rotatable bonds is 5. The molecule has 10 heteroatoms. The van der Waals surface area contributed by atoms with E-state index in [1.807, 2.05) is 12.1 Å². The van der Waals surface area contributed by atoms with Gasteiger partial charge in [0.15, 0.2) is 5.89 Å². The molecule has 0 saturated heterocycles. The van der Waals surface area contributed by atoms with Crippen LogP contribution in [0.15, 0.2) is 59.4 Å². The number of aryl methyl sites for hydroxylation is 2. The van der Waals surface area contributed by atoms with Crippen LogP contribution in [-0.2, 0) is 0 Å². The van der Waals surface area contributed by atoms with Crippen molar-refractivity contribution in [3.05, 3.63) is 78.2 Å². The van der Waals surface area contributed by atoms with Gasteiger partial charge in [0.1, 0.15) is 5.82 Å². The van der Waals surface area contributed by atoms with E-state index in [0.29, 0.717) is 40.3 Å². The number of nitrogens with one attached hydrogen (secondary N) is 1. The van der Waals surface area contributed by atoms with Crippen molar-refractivity contribution in [1.29, 1.82) is 0 Å². The number of amides is 1. The molecular formula is C24H19FN6O3. The van der Waals surface area contributed by atoms with Crippen LogP contribution in [-0.4, -0.2) is 37.4 Å². The Kier molecular flexibility index (Phi) is 5.25. The normalized spacial score (nSPS) is 11.1. The summed E-state index contributed by atoms with van der Waals surface area (Å²) in [7, 11) is 1.55. The Labute approximate surface area is 193 Å². The van der Waals surface area contributed by atoms with E-state index in [9.17, 15) is 9.18 Å². The van der Waals surface area contributed by atoms with Crippen LogP contribution in [0.25, 0.3) is 28.3 Å². The number of hydrogen-bond donors (Lipinski definition) is 1. The van der Waals surface area contributed by atoms with Gasteiger partial charge in [-0.3, -0.25) is 9.20 Å². The first-order valence-electron chi connectivity index (χ1n) is 10.3. The quantitative estimate of drug-likeness (QED) is 0.414. The molecule has 0 aliphatic rings. The van der Waals surface area contributed by atoms with Crippen LogP contribution in [0.1, 0.15) is 22.1 Å². The third kappa shape index (κ3) is 3.96. The van der Waals surface area contributed by atoms with E-state index in [-0.39, 0.29) is 11.3 Å². The van der Waals surface area contributed by atoms with E-state index in [1.54, 1.807) is 50.0 Å². The highest BCUT2D eigenvalue weighted by Crippen LogP contribution is 2.27. The van der Waals surface area contributed by atoms with E-state index < -0.39 is 11.7 Å². The van der Waals surface area contributed by atoms with E-state index in [0.717, 1.165) is 5.56 Å². The number of hydrogen-bond acceptors (Lipinski definition) is 7. The van der Waals surface area contributed by atoms with Crippen molar-refractivity contribution in [3.63, 3.8) is 0 Å². The summed E-state index contributed by atoms with van der Waals surface area (Å²) in [4.78, 5) is 29.9. The molecule has 34 heavy (non-hydrogen) atoms. The number of benzene rings is 1. The summed E-state index contributed by atoms with van der Waals surface area (Å²) in [5.74, 6) is 0.427. The molecular weight excluding hydrogens is 439 g/mol. The number of methoxy groups -OCH3 is 1. The number of ether oxygens (including phenoxy) is 1. The lowest BCUT2D eigenvalue weighted by Gasteiger charge is -2.06. The van der Waals surface area contributed by atoms with Gasteiger partial charge >= 0.3 is 0 Å².